The van der Waals surface area contributed by atoms with Crippen LogP contribution < -0.4 is 19.1 Å². The number of anilines is 1. The summed E-state index contributed by atoms with van der Waals surface area (Å²) in [4.78, 5) is 28.5. The minimum atomic E-state index is -4.18. The third-order valence-corrected chi connectivity index (χ3v) is 8.58. The van der Waals surface area contributed by atoms with Crippen LogP contribution in [0.2, 0.25) is 5.02 Å². The number of carbonyl (C=O) groups is 2. The van der Waals surface area contributed by atoms with E-state index in [4.69, 9.17) is 21.1 Å². The largest absolute Gasteiger partial charge is 0.486 e. The molecule has 11 heteroatoms. The van der Waals surface area contributed by atoms with Gasteiger partial charge in [0.05, 0.1) is 10.6 Å². The van der Waals surface area contributed by atoms with E-state index in [1.807, 2.05) is 13.8 Å². The van der Waals surface area contributed by atoms with Crippen molar-refractivity contribution in [2.45, 2.75) is 38.3 Å². The molecule has 1 N–H and O–H groups in total. The predicted octanol–water partition coefficient (Wildman–Crippen LogP) is 4.50. The summed E-state index contributed by atoms with van der Waals surface area (Å²) in [6, 6.07) is 18.7. The minimum absolute atomic E-state index is 0.0228. The van der Waals surface area contributed by atoms with Gasteiger partial charge in [0, 0.05) is 24.2 Å². The van der Waals surface area contributed by atoms with Gasteiger partial charge in [-0.1, -0.05) is 55.8 Å². The summed E-state index contributed by atoms with van der Waals surface area (Å²) in [6.07, 6.45) is 0. The molecule has 0 aliphatic carbocycles. The second-order valence-corrected chi connectivity index (χ2v) is 12.4. The number of sulfonamides is 1. The Morgan fingerprint density at radius 1 is 0.927 bits per heavy atom. The van der Waals surface area contributed by atoms with Crippen molar-refractivity contribution in [2.24, 2.45) is 5.92 Å². The third kappa shape index (κ3) is 7.51. The van der Waals surface area contributed by atoms with Gasteiger partial charge in [-0.25, -0.2) is 8.42 Å². The number of nitrogens with zero attached hydrogens (tertiary/aromatic N) is 2. The van der Waals surface area contributed by atoms with Crippen molar-refractivity contribution in [1.82, 2.24) is 10.2 Å². The number of nitrogens with one attached hydrogen (secondary N) is 1. The van der Waals surface area contributed by atoms with E-state index < -0.39 is 28.5 Å². The van der Waals surface area contributed by atoms with Crippen molar-refractivity contribution in [2.75, 3.05) is 30.6 Å². The molecular formula is C30H34ClN3O6S. The molecule has 2 amide bonds. The first-order valence-electron chi connectivity index (χ1n) is 13.4. The number of carbonyl (C=O) groups excluding carboxylic acids is 2. The van der Waals surface area contributed by atoms with Crippen LogP contribution in [-0.4, -0.2) is 57.5 Å². The van der Waals surface area contributed by atoms with E-state index in [0.29, 0.717) is 36.3 Å². The lowest BCUT2D eigenvalue weighted by atomic mass is 10.1. The van der Waals surface area contributed by atoms with Crippen molar-refractivity contribution < 1.29 is 27.5 Å². The van der Waals surface area contributed by atoms with Crippen molar-refractivity contribution in [3.63, 3.8) is 0 Å². The Labute approximate surface area is 246 Å². The fourth-order valence-corrected chi connectivity index (χ4v) is 5.81. The van der Waals surface area contributed by atoms with Crippen molar-refractivity contribution in [3.8, 4) is 11.5 Å². The average Bonchev–Trinajstić information content (AvgIpc) is 2.98. The van der Waals surface area contributed by atoms with Gasteiger partial charge in [-0.3, -0.25) is 13.9 Å². The number of halogens is 1. The summed E-state index contributed by atoms with van der Waals surface area (Å²) in [6.45, 7) is 6.24. The smallest absolute Gasteiger partial charge is 0.264 e. The first-order chi connectivity index (χ1) is 19.6. The summed E-state index contributed by atoms with van der Waals surface area (Å²) < 4.78 is 40.2. The van der Waals surface area contributed by atoms with Crippen LogP contribution in [0.1, 0.15) is 26.3 Å². The van der Waals surface area contributed by atoms with E-state index in [1.165, 1.54) is 17.0 Å². The fraction of sp³-hybridized carbons (Fsp3) is 0.333. The summed E-state index contributed by atoms with van der Waals surface area (Å²) in [5, 5.41) is 3.41. The highest BCUT2D eigenvalue weighted by Crippen LogP contribution is 2.36. The quantitative estimate of drug-likeness (QED) is 0.348. The molecule has 1 unspecified atom stereocenters. The number of rotatable bonds is 11. The highest BCUT2D eigenvalue weighted by atomic mass is 35.5. The van der Waals surface area contributed by atoms with Crippen molar-refractivity contribution in [3.05, 3.63) is 83.4 Å². The number of amides is 2. The average molecular weight is 600 g/mol. The fourth-order valence-electron chi connectivity index (χ4n) is 4.26. The molecule has 0 spiro atoms. The normalized spacial score (nSPS) is 13.4. The van der Waals surface area contributed by atoms with Crippen LogP contribution in [0.15, 0.2) is 77.7 Å². The second-order valence-electron chi connectivity index (χ2n) is 10.1. The minimum Gasteiger partial charge on any atom is -0.486 e. The molecular weight excluding hydrogens is 566 g/mol. The molecule has 1 aliphatic rings. The van der Waals surface area contributed by atoms with Crippen LogP contribution in [0.5, 0.6) is 11.5 Å². The number of hydrogen-bond donors (Lipinski definition) is 1. The SMILES string of the molecule is CC(C)CNC(=O)C(C)N(Cc1ccc(Cl)cc1)C(=O)CN(c1ccc2c(c1)OCCO2)S(=O)(=O)c1ccccc1. The zero-order chi connectivity index (χ0) is 29.6. The maximum Gasteiger partial charge on any atom is 0.264 e. The Morgan fingerprint density at radius 3 is 2.24 bits per heavy atom. The lowest BCUT2D eigenvalue weighted by Crippen LogP contribution is -2.51. The molecule has 0 radical (unpaired) electrons. The Kier molecular flexibility index (Phi) is 9.77. The maximum atomic E-state index is 14.0. The van der Waals surface area contributed by atoms with Crippen LogP contribution in [-0.2, 0) is 26.2 Å². The summed E-state index contributed by atoms with van der Waals surface area (Å²) in [5.74, 6) is 0.199. The number of fused-ring (bicyclic) bond motifs is 1. The molecule has 0 bridgehead atoms. The molecule has 3 aromatic rings. The molecule has 0 fully saturated rings. The first kappa shape index (κ1) is 30.2. The van der Waals surface area contributed by atoms with Crippen molar-refractivity contribution in [1.29, 1.82) is 0 Å². The highest BCUT2D eigenvalue weighted by molar-refractivity contribution is 7.92. The zero-order valence-electron chi connectivity index (χ0n) is 23.2. The first-order valence-corrected chi connectivity index (χ1v) is 15.2. The van der Waals surface area contributed by atoms with Crippen LogP contribution in [0, 0.1) is 5.92 Å². The highest BCUT2D eigenvalue weighted by Gasteiger charge is 2.33. The molecule has 0 saturated carbocycles. The summed E-state index contributed by atoms with van der Waals surface area (Å²) in [5.41, 5.74) is 0.970. The van der Waals surface area contributed by atoms with Gasteiger partial charge in [0.15, 0.2) is 11.5 Å². The maximum absolute atomic E-state index is 14.0. The van der Waals surface area contributed by atoms with Crippen LogP contribution in [0.3, 0.4) is 0 Å². The van der Waals surface area contributed by atoms with Gasteiger partial charge < -0.3 is 19.7 Å². The molecule has 218 valence electrons. The van der Waals surface area contributed by atoms with Crippen molar-refractivity contribution >= 4 is 39.1 Å². The standard InChI is InChI=1S/C30H34ClN3O6S/c1-21(2)18-32-30(36)22(3)33(19-23-9-11-24(31)12-10-23)29(35)20-34(41(37,38)26-7-5-4-6-8-26)25-13-14-27-28(17-25)40-16-15-39-27/h4-14,17,21-22H,15-16,18-20H2,1-3H3,(H,32,36). The molecule has 0 saturated heterocycles. The second kappa shape index (κ2) is 13.3. The lowest BCUT2D eigenvalue weighted by Gasteiger charge is -2.32. The van der Waals surface area contributed by atoms with E-state index in [9.17, 15) is 18.0 Å². The van der Waals surface area contributed by atoms with E-state index in [1.54, 1.807) is 67.6 Å². The van der Waals surface area contributed by atoms with Gasteiger partial charge in [-0.15, -0.1) is 0 Å². The Balaban J connectivity index is 1.71. The van der Waals surface area contributed by atoms with E-state index >= 15 is 0 Å². The molecule has 0 aromatic heterocycles. The number of benzene rings is 3. The summed E-state index contributed by atoms with van der Waals surface area (Å²) in [7, 11) is -4.18. The number of ether oxygens (including phenoxy) is 2. The third-order valence-electron chi connectivity index (χ3n) is 6.54. The Morgan fingerprint density at radius 2 is 1.59 bits per heavy atom. The van der Waals surface area contributed by atoms with Gasteiger partial charge in [0.25, 0.3) is 10.0 Å². The van der Waals surface area contributed by atoms with E-state index in [2.05, 4.69) is 5.32 Å². The molecule has 9 nitrogen and oxygen atoms in total. The predicted molar refractivity (Wildman–Crippen MR) is 158 cm³/mol. The molecule has 1 atom stereocenters. The molecule has 4 rings (SSSR count). The van der Waals surface area contributed by atoms with Gasteiger partial charge in [-0.05, 0) is 54.8 Å². The van der Waals surface area contributed by atoms with Crippen LogP contribution >= 0.6 is 11.6 Å². The molecule has 41 heavy (non-hydrogen) atoms. The zero-order valence-corrected chi connectivity index (χ0v) is 24.8. The number of hydrogen-bond acceptors (Lipinski definition) is 6. The van der Waals surface area contributed by atoms with Gasteiger partial charge in [0.2, 0.25) is 11.8 Å². The summed E-state index contributed by atoms with van der Waals surface area (Å²) >= 11 is 6.05. The molecule has 1 heterocycles. The van der Waals surface area contributed by atoms with Gasteiger partial charge >= 0.3 is 0 Å². The Bertz CT molecular complexity index is 1470. The Hall–Kier alpha value is -3.76. The lowest BCUT2D eigenvalue weighted by molar-refractivity contribution is -0.139. The van der Waals surface area contributed by atoms with E-state index in [-0.39, 0.29) is 29.0 Å². The van der Waals surface area contributed by atoms with Gasteiger partial charge in [0.1, 0.15) is 25.8 Å². The monoisotopic (exact) mass is 599 g/mol. The molecule has 3 aromatic carbocycles. The topological polar surface area (TPSA) is 105 Å². The van der Waals surface area contributed by atoms with Gasteiger partial charge in [-0.2, -0.15) is 0 Å². The van der Waals surface area contributed by atoms with Crippen LogP contribution in [0.4, 0.5) is 5.69 Å². The molecule has 1 aliphatic heterocycles. The van der Waals surface area contributed by atoms with Crippen LogP contribution in [0.25, 0.3) is 0 Å². The van der Waals surface area contributed by atoms with E-state index in [0.717, 1.165) is 9.87 Å².